The number of rotatable bonds is 3. The topological polar surface area (TPSA) is 114 Å². The second-order valence-electron chi connectivity index (χ2n) is 9.77. The fourth-order valence-electron chi connectivity index (χ4n) is 4.82. The average Bonchev–Trinajstić information content (AvgIpc) is 3.06. The number of ketones is 1. The van der Waals surface area contributed by atoms with Crippen LogP contribution in [0, 0.1) is 0 Å². The lowest BCUT2D eigenvalue weighted by molar-refractivity contribution is 0.103. The molecule has 0 aliphatic heterocycles. The van der Waals surface area contributed by atoms with E-state index in [0.29, 0.717) is 32.6 Å². The van der Waals surface area contributed by atoms with Gasteiger partial charge in [0.1, 0.15) is 0 Å². The molecule has 0 amide bonds. The number of para-hydroxylation sites is 2. The standard InChI is InChI=1S/C20H12N2O2.C13H10O.C5H8.H2O/c23-19-11-5-1-3-7-15(11)21-17-10-14-18(9-13(17)19)22-16-8-4-2-6-12(16)20(14)24;14-13(11-7-3-1-4-8-11)12-9-5-2-6-10-12;1-3-5-4-2;/h1-10H,(H,21,23)(H,22,24);1-10H;3-5H,1H2,2H3;1H2/b;;5-4-;. The molecule has 4 N–H and O–H groups in total. The minimum Gasteiger partial charge on any atom is -0.412 e. The summed E-state index contributed by atoms with van der Waals surface area (Å²) in [7, 11) is 0. The van der Waals surface area contributed by atoms with Gasteiger partial charge in [0.2, 0.25) is 0 Å². The molecule has 6 nitrogen and oxygen atoms in total. The second-order valence-corrected chi connectivity index (χ2v) is 9.77. The molecule has 2 heterocycles. The van der Waals surface area contributed by atoms with E-state index in [-0.39, 0.29) is 22.1 Å². The Kier molecular flexibility index (Phi) is 10.1. The Bertz CT molecular complexity index is 2060. The molecule has 0 aliphatic carbocycles. The SMILES string of the molecule is C=C/C=C\C.O.O=C(c1ccccc1)c1ccccc1.O=c1c2ccccc2[nH]c2cc3c(=O)c4ccccc4[nH]c3cc12. The van der Waals surface area contributed by atoms with Crippen molar-refractivity contribution >= 4 is 49.4 Å². The number of H-pyrrole nitrogens is 2. The number of carbonyl (C=O) groups is 1. The molecule has 0 fully saturated rings. The highest BCUT2D eigenvalue weighted by Gasteiger charge is 2.10. The molecule has 0 radical (unpaired) electrons. The summed E-state index contributed by atoms with van der Waals surface area (Å²) in [5.41, 5.74) is 4.29. The summed E-state index contributed by atoms with van der Waals surface area (Å²) < 4.78 is 0. The van der Waals surface area contributed by atoms with Crippen LogP contribution in [0.1, 0.15) is 22.8 Å². The molecule has 7 rings (SSSR count). The van der Waals surface area contributed by atoms with Crippen LogP contribution in [0.4, 0.5) is 0 Å². The number of hydrogen-bond acceptors (Lipinski definition) is 3. The number of aromatic nitrogens is 2. The Morgan fingerprint density at radius 2 is 0.955 bits per heavy atom. The van der Waals surface area contributed by atoms with Crippen LogP contribution in [-0.4, -0.2) is 21.2 Å². The molecule has 0 bridgehead atoms. The first-order chi connectivity index (χ1) is 21.0. The number of pyridine rings is 2. The second kappa shape index (κ2) is 14.4. The van der Waals surface area contributed by atoms with E-state index in [9.17, 15) is 14.4 Å². The van der Waals surface area contributed by atoms with Gasteiger partial charge in [0.15, 0.2) is 16.6 Å². The van der Waals surface area contributed by atoms with Crippen LogP contribution in [0.3, 0.4) is 0 Å². The first kappa shape index (κ1) is 31.1. The summed E-state index contributed by atoms with van der Waals surface area (Å²) in [5.74, 6) is 0.0752. The van der Waals surface area contributed by atoms with Gasteiger partial charge in [0.25, 0.3) is 0 Å². The van der Waals surface area contributed by atoms with Gasteiger partial charge in [-0.3, -0.25) is 14.4 Å². The third kappa shape index (κ3) is 6.62. The average molecular weight is 581 g/mol. The summed E-state index contributed by atoms with van der Waals surface area (Å²) >= 11 is 0. The van der Waals surface area contributed by atoms with Gasteiger partial charge in [0, 0.05) is 43.7 Å². The van der Waals surface area contributed by atoms with Crippen molar-refractivity contribution in [3.05, 3.63) is 178 Å². The molecule has 0 aliphatic rings. The number of hydrogen-bond donors (Lipinski definition) is 2. The number of carbonyl (C=O) groups excluding carboxylic acids is 1. The number of aromatic amines is 2. The third-order valence-electron chi connectivity index (χ3n) is 6.93. The quantitative estimate of drug-likeness (QED) is 0.128. The molecule has 2 aromatic heterocycles. The zero-order valence-corrected chi connectivity index (χ0v) is 24.2. The number of fused-ring (bicyclic) bond motifs is 4. The van der Waals surface area contributed by atoms with Gasteiger partial charge in [-0.1, -0.05) is 110 Å². The van der Waals surface area contributed by atoms with Crippen LogP contribution in [0.15, 0.2) is 156 Å². The molecule has 6 heteroatoms. The van der Waals surface area contributed by atoms with E-state index in [4.69, 9.17) is 0 Å². The van der Waals surface area contributed by atoms with Gasteiger partial charge in [0.05, 0.1) is 11.0 Å². The minimum absolute atomic E-state index is 0. The zero-order valence-electron chi connectivity index (χ0n) is 24.2. The molecule has 5 aromatic carbocycles. The lowest BCUT2D eigenvalue weighted by Crippen LogP contribution is -2.08. The van der Waals surface area contributed by atoms with E-state index in [0.717, 1.165) is 22.2 Å². The van der Waals surface area contributed by atoms with Crippen molar-refractivity contribution in [2.45, 2.75) is 6.92 Å². The van der Waals surface area contributed by atoms with Crippen LogP contribution in [0.25, 0.3) is 43.6 Å². The van der Waals surface area contributed by atoms with Crippen LogP contribution in [0.5, 0.6) is 0 Å². The van der Waals surface area contributed by atoms with Crippen LogP contribution < -0.4 is 10.9 Å². The molecule has 0 spiro atoms. The summed E-state index contributed by atoms with van der Waals surface area (Å²) in [6.45, 7) is 5.42. The van der Waals surface area contributed by atoms with E-state index in [2.05, 4.69) is 16.5 Å². The van der Waals surface area contributed by atoms with Crippen molar-refractivity contribution < 1.29 is 10.3 Å². The van der Waals surface area contributed by atoms with Crippen molar-refractivity contribution in [2.24, 2.45) is 0 Å². The Balaban J connectivity index is 0.000000188. The lowest BCUT2D eigenvalue weighted by atomic mass is 10.0. The number of allylic oxidation sites excluding steroid dienone is 3. The van der Waals surface area contributed by atoms with E-state index < -0.39 is 0 Å². The van der Waals surface area contributed by atoms with Crippen molar-refractivity contribution in [3.8, 4) is 0 Å². The normalized spacial score (nSPS) is 10.5. The van der Waals surface area contributed by atoms with Crippen LogP contribution >= 0.6 is 0 Å². The third-order valence-corrected chi connectivity index (χ3v) is 6.93. The van der Waals surface area contributed by atoms with Gasteiger partial charge < -0.3 is 15.4 Å². The Hall–Kier alpha value is -5.85. The zero-order chi connectivity index (χ0) is 30.2. The van der Waals surface area contributed by atoms with Crippen molar-refractivity contribution in [3.63, 3.8) is 0 Å². The van der Waals surface area contributed by atoms with Gasteiger partial charge in [-0.05, 0) is 43.3 Å². The van der Waals surface area contributed by atoms with Gasteiger partial charge in [-0.25, -0.2) is 0 Å². The highest BCUT2D eigenvalue weighted by atomic mass is 16.1. The summed E-state index contributed by atoms with van der Waals surface area (Å²) in [5, 5.41) is 2.44. The highest BCUT2D eigenvalue weighted by Crippen LogP contribution is 2.21. The molecule has 7 aromatic rings. The van der Waals surface area contributed by atoms with Crippen molar-refractivity contribution in [2.75, 3.05) is 0 Å². The van der Waals surface area contributed by atoms with E-state index in [1.165, 1.54) is 0 Å². The Morgan fingerprint density at radius 1 is 0.568 bits per heavy atom. The predicted octanol–water partition coefficient (Wildman–Crippen LogP) is 7.52. The molecular weight excluding hydrogens is 548 g/mol. The molecule has 218 valence electrons. The molecular formula is C38H32N2O4. The molecule has 44 heavy (non-hydrogen) atoms. The van der Waals surface area contributed by atoms with Crippen molar-refractivity contribution in [1.82, 2.24) is 9.97 Å². The molecule has 0 atom stereocenters. The van der Waals surface area contributed by atoms with Crippen LogP contribution in [0.2, 0.25) is 0 Å². The number of nitrogens with one attached hydrogen (secondary N) is 2. The highest BCUT2D eigenvalue weighted by molar-refractivity contribution is 6.09. The molecule has 0 saturated heterocycles. The maximum Gasteiger partial charge on any atom is 0.197 e. The van der Waals surface area contributed by atoms with Gasteiger partial charge in [-0.15, -0.1) is 0 Å². The monoisotopic (exact) mass is 580 g/mol. The van der Waals surface area contributed by atoms with Crippen LogP contribution in [-0.2, 0) is 0 Å². The first-order valence-electron chi connectivity index (χ1n) is 13.9. The smallest absolute Gasteiger partial charge is 0.197 e. The van der Waals surface area contributed by atoms with Gasteiger partial charge >= 0.3 is 0 Å². The maximum absolute atomic E-state index is 12.8. The Morgan fingerprint density at radius 3 is 1.32 bits per heavy atom. The minimum atomic E-state index is -0.0322. The summed E-state index contributed by atoms with van der Waals surface area (Å²) in [6.07, 6.45) is 5.58. The summed E-state index contributed by atoms with van der Waals surface area (Å²) in [4.78, 5) is 43.9. The fraction of sp³-hybridized carbons (Fsp3) is 0.0263. The van der Waals surface area contributed by atoms with Gasteiger partial charge in [-0.2, -0.15) is 0 Å². The first-order valence-corrected chi connectivity index (χ1v) is 13.9. The predicted molar refractivity (Wildman–Crippen MR) is 183 cm³/mol. The van der Waals surface area contributed by atoms with E-state index in [1.807, 2.05) is 116 Å². The molecule has 0 saturated carbocycles. The maximum atomic E-state index is 12.8. The Labute approximate surface area is 253 Å². The largest absolute Gasteiger partial charge is 0.412 e. The fourth-order valence-corrected chi connectivity index (χ4v) is 4.82. The van der Waals surface area contributed by atoms with E-state index in [1.54, 1.807) is 30.3 Å². The van der Waals surface area contributed by atoms with Crippen molar-refractivity contribution in [1.29, 1.82) is 0 Å². The summed E-state index contributed by atoms with van der Waals surface area (Å²) in [6, 6.07) is 36.9. The molecule has 0 unspecified atom stereocenters. The lowest BCUT2D eigenvalue weighted by Gasteiger charge is -2.06. The van der Waals surface area contributed by atoms with E-state index >= 15 is 0 Å². The number of benzene rings is 5.